The molecule has 4 nitrogen and oxygen atoms in total. The highest BCUT2D eigenvalue weighted by Gasteiger charge is 2.10. The second-order valence-corrected chi connectivity index (χ2v) is 5.47. The molecule has 0 aliphatic heterocycles. The minimum absolute atomic E-state index is 0.892. The van der Waals surface area contributed by atoms with E-state index in [9.17, 15) is 0 Å². The minimum atomic E-state index is 0.892. The van der Waals surface area contributed by atoms with E-state index in [2.05, 4.69) is 61.0 Å². The maximum Gasteiger partial charge on any atom is 0.0445 e. The van der Waals surface area contributed by atoms with Gasteiger partial charge in [0.1, 0.15) is 0 Å². The van der Waals surface area contributed by atoms with Crippen LogP contribution >= 0.6 is 0 Å². The summed E-state index contributed by atoms with van der Waals surface area (Å²) in [4.78, 5) is 9.15. The van der Waals surface area contributed by atoms with Crippen molar-refractivity contribution in [2.75, 3.05) is 45.2 Å². The molecule has 4 heteroatoms. The van der Waals surface area contributed by atoms with Crippen LogP contribution in [-0.2, 0) is 6.54 Å². The third kappa shape index (κ3) is 5.47. The molecule has 0 aliphatic carbocycles. The maximum atomic E-state index is 4.44. The molecule has 0 saturated heterocycles. The van der Waals surface area contributed by atoms with Crippen molar-refractivity contribution in [2.24, 2.45) is 0 Å². The first kappa shape index (κ1) is 16.9. The second kappa shape index (κ2) is 8.93. The molecule has 0 radical (unpaired) electrons. The minimum Gasteiger partial charge on any atom is -0.371 e. The smallest absolute Gasteiger partial charge is 0.0445 e. The van der Waals surface area contributed by atoms with Crippen LogP contribution in [0, 0.1) is 6.92 Å². The first-order valence-corrected chi connectivity index (χ1v) is 7.64. The number of aromatic nitrogens is 1. The van der Waals surface area contributed by atoms with Crippen molar-refractivity contribution < 1.29 is 0 Å². The van der Waals surface area contributed by atoms with Crippen LogP contribution < -0.4 is 10.2 Å². The molecule has 1 aromatic heterocycles. The first-order chi connectivity index (χ1) is 9.58. The molecular formula is C16H30N4. The number of rotatable bonds is 9. The molecule has 0 fully saturated rings. The van der Waals surface area contributed by atoms with E-state index < -0.39 is 0 Å². The zero-order valence-electron chi connectivity index (χ0n) is 13.7. The monoisotopic (exact) mass is 278 g/mol. The lowest BCUT2D eigenvalue weighted by molar-refractivity contribution is 0.400. The van der Waals surface area contributed by atoms with Gasteiger partial charge in [0, 0.05) is 42.8 Å². The average molecular weight is 278 g/mol. The summed E-state index contributed by atoms with van der Waals surface area (Å²) in [5.41, 5.74) is 3.72. The fourth-order valence-corrected chi connectivity index (χ4v) is 2.29. The van der Waals surface area contributed by atoms with E-state index in [-0.39, 0.29) is 0 Å². The van der Waals surface area contributed by atoms with Crippen LogP contribution in [0.15, 0.2) is 12.3 Å². The summed E-state index contributed by atoms with van der Waals surface area (Å²) in [7, 11) is 4.26. The van der Waals surface area contributed by atoms with Gasteiger partial charge in [0.25, 0.3) is 0 Å². The highest BCUT2D eigenvalue weighted by Crippen LogP contribution is 2.21. The molecule has 0 spiro atoms. The molecule has 0 bridgehead atoms. The van der Waals surface area contributed by atoms with Gasteiger partial charge in [-0.1, -0.05) is 6.92 Å². The van der Waals surface area contributed by atoms with Crippen LogP contribution in [0.5, 0.6) is 0 Å². The van der Waals surface area contributed by atoms with Crippen molar-refractivity contribution in [1.82, 2.24) is 15.2 Å². The number of pyridine rings is 1. The molecule has 1 N–H and O–H groups in total. The van der Waals surface area contributed by atoms with Gasteiger partial charge >= 0.3 is 0 Å². The lowest BCUT2D eigenvalue weighted by atomic mass is 10.1. The zero-order chi connectivity index (χ0) is 15.0. The number of nitrogens with zero attached hydrogens (tertiary/aromatic N) is 3. The molecule has 0 saturated carbocycles. The zero-order valence-corrected chi connectivity index (χ0v) is 13.7. The van der Waals surface area contributed by atoms with Crippen molar-refractivity contribution in [3.63, 3.8) is 0 Å². The van der Waals surface area contributed by atoms with Crippen LogP contribution in [0.2, 0.25) is 0 Å². The summed E-state index contributed by atoms with van der Waals surface area (Å²) in [6.45, 7) is 11.6. The Balaban J connectivity index is 2.80. The van der Waals surface area contributed by atoms with Gasteiger partial charge < -0.3 is 15.1 Å². The standard InChI is InChI=1S/C16H30N4/c1-6-17-12-15-13-18-14(3)11-16(15)20(7-2)10-8-9-19(4)5/h11,13,17H,6-10,12H2,1-5H3. The molecule has 114 valence electrons. The SMILES string of the molecule is CCNCc1cnc(C)cc1N(CC)CCCN(C)C. The summed E-state index contributed by atoms with van der Waals surface area (Å²) >= 11 is 0. The lowest BCUT2D eigenvalue weighted by Gasteiger charge is -2.26. The van der Waals surface area contributed by atoms with Crippen molar-refractivity contribution in [3.8, 4) is 0 Å². The van der Waals surface area contributed by atoms with Gasteiger partial charge in [0.15, 0.2) is 0 Å². The van der Waals surface area contributed by atoms with E-state index in [4.69, 9.17) is 0 Å². The van der Waals surface area contributed by atoms with Crippen LogP contribution in [0.1, 0.15) is 31.5 Å². The van der Waals surface area contributed by atoms with Crippen LogP contribution in [0.25, 0.3) is 0 Å². The topological polar surface area (TPSA) is 31.4 Å². The Morgan fingerprint density at radius 2 is 1.95 bits per heavy atom. The molecule has 0 aromatic carbocycles. The molecule has 1 heterocycles. The molecule has 1 aromatic rings. The summed E-state index contributed by atoms with van der Waals surface area (Å²) in [5.74, 6) is 0. The average Bonchev–Trinajstić information content (AvgIpc) is 2.42. The van der Waals surface area contributed by atoms with Gasteiger partial charge in [-0.2, -0.15) is 0 Å². The van der Waals surface area contributed by atoms with Gasteiger partial charge in [-0.15, -0.1) is 0 Å². The molecule has 0 atom stereocenters. The van der Waals surface area contributed by atoms with Crippen molar-refractivity contribution >= 4 is 5.69 Å². The predicted octanol–water partition coefficient (Wildman–Crippen LogP) is 2.28. The van der Waals surface area contributed by atoms with Crippen molar-refractivity contribution in [2.45, 2.75) is 33.7 Å². The van der Waals surface area contributed by atoms with Gasteiger partial charge in [0.05, 0.1) is 0 Å². The Labute approximate surface area is 124 Å². The summed E-state index contributed by atoms with van der Waals surface area (Å²) < 4.78 is 0. The number of hydrogen-bond donors (Lipinski definition) is 1. The van der Waals surface area contributed by atoms with Gasteiger partial charge in [-0.25, -0.2) is 0 Å². The highest BCUT2D eigenvalue weighted by molar-refractivity contribution is 5.53. The van der Waals surface area contributed by atoms with Gasteiger partial charge in [0.2, 0.25) is 0 Å². The number of anilines is 1. The van der Waals surface area contributed by atoms with Crippen LogP contribution in [-0.4, -0.2) is 50.2 Å². The molecule has 0 amide bonds. The molecule has 1 rings (SSSR count). The summed E-state index contributed by atoms with van der Waals surface area (Å²) in [5, 5.41) is 3.40. The normalized spacial score (nSPS) is 11.1. The Hall–Kier alpha value is -1.13. The Kier molecular flexibility index (Phi) is 7.55. The van der Waals surface area contributed by atoms with E-state index in [1.165, 1.54) is 17.7 Å². The summed E-state index contributed by atoms with van der Waals surface area (Å²) in [6.07, 6.45) is 3.20. The maximum absolute atomic E-state index is 4.44. The van der Waals surface area contributed by atoms with E-state index in [1.807, 2.05) is 6.20 Å². The molecule has 0 aliphatic rings. The highest BCUT2D eigenvalue weighted by atomic mass is 15.1. The molecule has 0 unspecified atom stereocenters. The Morgan fingerprint density at radius 1 is 1.20 bits per heavy atom. The Morgan fingerprint density at radius 3 is 2.55 bits per heavy atom. The number of aryl methyl sites for hydroxylation is 1. The van der Waals surface area contributed by atoms with Crippen LogP contribution in [0.3, 0.4) is 0 Å². The van der Waals surface area contributed by atoms with Gasteiger partial charge in [-0.3, -0.25) is 4.98 Å². The third-order valence-electron chi connectivity index (χ3n) is 3.42. The van der Waals surface area contributed by atoms with E-state index in [1.54, 1.807) is 0 Å². The largest absolute Gasteiger partial charge is 0.371 e. The molecule has 20 heavy (non-hydrogen) atoms. The van der Waals surface area contributed by atoms with Gasteiger partial charge in [-0.05, 0) is 53.5 Å². The molecular weight excluding hydrogens is 248 g/mol. The third-order valence-corrected chi connectivity index (χ3v) is 3.42. The van der Waals surface area contributed by atoms with Crippen molar-refractivity contribution in [3.05, 3.63) is 23.5 Å². The quantitative estimate of drug-likeness (QED) is 0.751. The number of hydrogen-bond acceptors (Lipinski definition) is 4. The van der Waals surface area contributed by atoms with E-state index >= 15 is 0 Å². The fourth-order valence-electron chi connectivity index (χ4n) is 2.29. The predicted molar refractivity (Wildman–Crippen MR) is 87.4 cm³/mol. The fraction of sp³-hybridized carbons (Fsp3) is 0.688. The lowest BCUT2D eigenvalue weighted by Crippen LogP contribution is -2.28. The summed E-state index contributed by atoms with van der Waals surface area (Å²) in [6, 6.07) is 2.21. The Bertz CT molecular complexity index is 390. The van der Waals surface area contributed by atoms with E-state index in [0.29, 0.717) is 0 Å². The van der Waals surface area contributed by atoms with Crippen LogP contribution in [0.4, 0.5) is 5.69 Å². The second-order valence-electron chi connectivity index (χ2n) is 5.47. The first-order valence-electron chi connectivity index (χ1n) is 7.64. The number of nitrogens with one attached hydrogen (secondary N) is 1. The van der Waals surface area contributed by atoms with E-state index in [0.717, 1.165) is 38.4 Å². The van der Waals surface area contributed by atoms with Crippen molar-refractivity contribution in [1.29, 1.82) is 0 Å².